The molecular formula is C23H24N6OS. The molecule has 1 aromatic carbocycles. The fourth-order valence-electron chi connectivity index (χ4n) is 3.42. The normalized spacial score (nSPS) is 11.4. The van der Waals surface area contributed by atoms with Crippen LogP contribution >= 0.6 is 13.5 Å². The van der Waals surface area contributed by atoms with Crippen LogP contribution in [0.25, 0.3) is 22.2 Å². The van der Waals surface area contributed by atoms with Gasteiger partial charge in [-0.05, 0) is 23.8 Å². The number of amides is 1. The lowest BCUT2D eigenvalue weighted by Crippen LogP contribution is -2.18. The maximum Gasteiger partial charge on any atom is 0.251 e. The average Bonchev–Trinajstić information content (AvgIpc) is 2.82. The van der Waals surface area contributed by atoms with Crippen LogP contribution in [-0.2, 0) is 0 Å². The minimum atomic E-state index is -0.116. The summed E-state index contributed by atoms with van der Waals surface area (Å²) in [5.74, 6) is 0.780. The summed E-state index contributed by atoms with van der Waals surface area (Å²) in [6.45, 7) is 2.79. The van der Waals surface area contributed by atoms with Crippen molar-refractivity contribution in [2.24, 2.45) is 0 Å². The highest BCUT2D eigenvalue weighted by Gasteiger charge is 2.15. The van der Waals surface area contributed by atoms with Gasteiger partial charge in [0.2, 0.25) is 0 Å². The first-order valence-corrected chi connectivity index (χ1v) is 9.73. The number of pyridine rings is 2. The van der Waals surface area contributed by atoms with E-state index in [0.717, 1.165) is 33.5 Å². The number of hydrogen-bond acceptors (Lipinski definition) is 6. The first kappa shape index (κ1) is 22.2. The molecule has 0 fully saturated rings. The van der Waals surface area contributed by atoms with Gasteiger partial charge in [0.1, 0.15) is 12.1 Å². The van der Waals surface area contributed by atoms with Crippen LogP contribution in [0.15, 0.2) is 67.4 Å². The van der Waals surface area contributed by atoms with Crippen LogP contribution in [0.1, 0.15) is 28.8 Å². The Morgan fingerprint density at radius 1 is 1.06 bits per heavy atom. The molecule has 0 saturated carbocycles. The first-order chi connectivity index (χ1) is 14.7. The molecule has 0 aliphatic carbocycles. The maximum absolute atomic E-state index is 12.2. The van der Waals surface area contributed by atoms with Crippen LogP contribution in [0.3, 0.4) is 0 Å². The van der Waals surface area contributed by atoms with Crippen molar-refractivity contribution in [2.45, 2.75) is 12.8 Å². The number of nitrogens with one attached hydrogen (secondary N) is 2. The molecule has 0 bridgehead atoms. The zero-order chi connectivity index (χ0) is 20.9. The van der Waals surface area contributed by atoms with Crippen molar-refractivity contribution in [3.63, 3.8) is 0 Å². The van der Waals surface area contributed by atoms with E-state index in [-0.39, 0.29) is 25.3 Å². The van der Waals surface area contributed by atoms with Gasteiger partial charge in [-0.3, -0.25) is 14.8 Å². The summed E-state index contributed by atoms with van der Waals surface area (Å²) in [5.41, 5.74) is 4.30. The highest BCUT2D eigenvalue weighted by Crippen LogP contribution is 2.27. The van der Waals surface area contributed by atoms with E-state index in [0.29, 0.717) is 12.1 Å². The van der Waals surface area contributed by atoms with E-state index in [9.17, 15) is 4.79 Å². The van der Waals surface area contributed by atoms with E-state index < -0.39 is 0 Å². The number of carbonyl (C=O) groups excluding carboxylic acids is 1. The molecule has 3 aromatic heterocycles. The average molecular weight is 433 g/mol. The van der Waals surface area contributed by atoms with Gasteiger partial charge >= 0.3 is 0 Å². The Hall–Kier alpha value is -3.52. The van der Waals surface area contributed by atoms with Gasteiger partial charge < -0.3 is 10.6 Å². The summed E-state index contributed by atoms with van der Waals surface area (Å²) < 4.78 is 0. The second-order valence-electron chi connectivity index (χ2n) is 6.99. The molecule has 1 amide bonds. The Morgan fingerprint density at radius 2 is 1.94 bits per heavy atom. The standard InChI is InChI=1S/C23H22N6O.H2S/c1-15(12-27-21-11-20(28-14-29-21)16-5-4-9-25-13-16)17-6-3-7-18-19(23(30)24-2)8-10-26-22(17)18;/h3-11,13-15H,12H2,1-2H3,(H,24,30)(H,27,28,29);1H2/t15-;/m1./s1. The van der Waals surface area contributed by atoms with Crippen molar-refractivity contribution < 1.29 is 4.79 Å². The van der Waals surface area contributed by atoms with Crippen LogP contribution < -0.4 is 10.6 Å². The minimum Gasteiger partial charge on any atom is -0.369 e. The first-order valence-electron chi connectivity index (χ1n) is 9.73. The van der Waals surface area contributed by atoms with Gasteiger partial charge in [-0.25, -0.2) is 9.97 Å². The summed E-state index contributed by atoms with van der Waals surface area (Å²) in [4.78, 5) is 29.6. The van der Waals surface area contributed by atoms with Crippen molar-refractivity contribution >= 4 is 36.1 Å². The predicted molar refractivity (Wildman–Crippen MR) is 128 cm³/mol. The van der Waals surface area contributed by atoms with Gasteiger partial charge in [0.15, 0.2) is 0 Å². The number of fused-ring (bicyclic) bond motifs is 1. The molecule has 8 heteroatoms. The highest BCUT2D eigenvalue weighted by molar-refractivity contribution is 7.59. The summed E-state index contributed by atoms with van der Waals surface area (Å²) >= 11 is 0. The van der Waals surface area contributed by atoms with Gasteiger partial charge in [0.25, 0.3) is 5.91 Å². The molecule has 0 spiro atoms. The second kappa shape index (κ2) is 9.99. The van der Waals surface area contributed by atoms with Crippen molar-refractivity contribution in [1.29, 1.82) is 0 Å². The Balaban J connectivity index is 0.00000272. The summed E-state index contributed by atoms with van der Waals surface area (Å²) in [7, 11) is 1.63. The lowest BCUT2D eigenvalue weighted by Gasteiger charge is -2.16. The van der Waals surface area contributed by atoms with Crippen LogP contribution in [0.2, 0.25) is 0 Å². The molecule has 0 saturated heterocycles. The number of nitrogens with zero attached hydrogens (tertiary/aromatic N) is 4. The quantitative estimate of drug-likeness (QED) is 0.482. The summed E-state index contributed by atoms with van der Waals surface area (Å²) in [6.07, 6.45) is 6.74. The fourth-order valence-corrected chi connectivity index (χ4v) is 3.42. The number of rotatable bonds is 6. The van der Waals surface area contributed by atoms with E-state index in [2.05, 4.69) is 43.6 Å². The molecule has 0 radical (unpaired) electrons. The lowest BCUT2D eigenvalue weighted by molar-refractivity contribution is 0.0964. The van der Waals surface area contributed by atoms with Crippen LogP contribution in [0.5, 0.6) is 0 Å². The van der Waals surface area contributed by atoms with Crippen molar-refractivity contribution in [3.05, 3.63) is 78.5 Å². The van der Waals surface area contributed by atoms with E-state index in [1.165, 1.54) is 0 Å². The molecule has 7 nitrogen and oxygen atoms in total. The van der Waals surface area contributed by atoms with Gasteiger partial charge in [0.05, 0.1) is 16.8 Å². The molecule has 4 rings (SSSR count). The third kappa shape index (κ3) is 4.80. The molecule has 0 aliphatic heterocycles. The minimum absolute atomic E-state index is 0. The molecule has 31 heavy (non-hydrogen) atoms. The Bertz CT molecular complexity index is 1190. The molecule has 1 atom stereocenters. The van der Waals surface area contributed by atoms with Crippen molar-refractivity contribution in [3.8, 4) is 11.3 Å². The van der Waals surface area contributed by atoms with E-state index >= 15 is 0 Å². The lowest BCUT2D eigenvalue weighted by atomic mass is 9.96. The Kier molecular flexibility index (Phi) is 7.15. The third-order valence-electron chi connectivity index (χ3n) is 5.02. The van der Waals surface area contributed by atoms with Crippen LogP contribution in [-0.4, -0.2) is 39.4 Å². The van der Waals surface area contributed by atoms with Gasteiger partial charge in [-0.15, -0.1) is 0 Å². The largest absolute Gasteiger partial charge is 0.369 e. The van der Waals surface area contributed by atoms with Gasteiger partial charge in [-0.2, -0.15) is 13.5 Å². The Morgan fingerprint density at radius 3 is 2.71 bits per heavy atom. The monoisotopic (exact) mass is 432 g/mol. The molecule has 2 N–H and O–H groups in total. The van der Waals surface area contributed by atoms with Crippen molar-refractivity contribution in [1.82, 2.24) is 25.3 Å². The predicted octanol–water partition coefficient (Wildman–Crippen LogP) is 3.77. The number of aromatic nitrogens is 4. The van der Waals surface area contributed by atoms with Crippen LogP contribution in [0, 0.1) is 0 Å². The smallest absolute Gasteiger partial charge is 0.251 e. The zero-order valence-electron chi connectivity index (χ0n) is 17.3. The molecule has 0 unspecified atom stereocenters. The molecule has 0 aliphatic rings. The van der Waals surface area contributed by atoms with Gasteiger partial charge in [0, 0.05) is 55.1 Å². The Labute approximate surface area is 187 Å². The number of hydrogen-bond donors (Lipinski definition) is 2. The van der Waals surface area contributed by atoms with E-state index in [1.807, 2.05) is 30.3 Å². The van der Waals surface area contributed by atoms with Gasteiger partial charge in [-0.1, -0.05) is 25.1 Å². The van der Waals surface area contributed by atoms with Crippen LogP contribution in [0.4, 0.5) is 5.82 Å². The number of para-hydroxylation sites is 1. The van der Waals surface area contributed by atoms with E-state index in [4.69, 9.17) is 0 Å². The SMILES string of the molecule is CNC(=O)c1ccnc2c([C@H](C)CNc3cc(-c4cccnc4)ncn3)cccc12.S. The third-order valence-corrected chi connectivity index (χ3v) is 5.02. The second-order valence-corrected chi connectivity index (χ2v) is 6.99. The highest BCUT2D eigenvalue weighted by atomic mass is 32.1. The molecule has 3 heterocycles. The number of carbonyl (C=O) groups is 1. The summed E-state index contributed by atoms with van der Waals surface area (Å²) in [5, 5.41) is 6.93. The summed E-state index contributed by atoms with van der Waals surface area (Å²) in [6, 6.07) is 13.5. The van der Waals surface area contributed by atoms with Crippen molar-refractivity contribution in [2.75, 3.05) is 18.9 Å². The maximum atomic E-state index is 12.2. The molecular weight excluding hydrogens is 408 g/mol. The molecule has 4 aromatic rings. The van der Waals surface area contributed by atoms with E-state index in [1.54, 1.807) is 38.0 Å². The fraction of sp³-hybridized carbons (Fsp3) is 0.174. The molecule has 158 valence electrons. The topological polar surface area (TPSA) is 92.7 Å². The number of benzene rings is 1. The number of anilines is 1. The zero-order valence-corrected chi connectivity index (χ0v) is 18.3.